The molecule has 1 aromatic rings. The van der Waals surface area contributed by atoms with E-state index in [4.69, 9.17) is 14.0 Å². The summed E-state index contributed by atoms with van der Waals surface area (Å²) >= 11 is -2.30. The van der Waals surface area contributed by atoms with E-state index in [1.54, 1.807) is 26.0 Å². The number of hydrogen-bond acceptors (Lipinski definition) is 4. The second-order valence-electron chi connectivity index (χ2n) is 2.94. The lowest BCUT2D eigenvalue weighted by atomic mass is 10.1. The number of hydrogen-bond donors (Lipinski definition) is 1. The minimum atomic E-state index is -2.30. The Hall–Kier alpha value is -1.29. The van der Waals surface area contributed by atoms with Crippen LogP contribution in [-0.4, -0.2) is 13.7 Å². The van der Waals surface area contributed by atoms with E-state index in [9.17, 15) is 4.21 Å². The maximum Gasteiger partial charge on any atom is 0.302 e. The highest BCUT2D eigenvalue weighted by Crippen LogP contribution is 2.20. The Labute approximate surface area is 90.2 Å². The summed E-state index contributed by atoms with van der Waals surface area (Å²) in [5, 5.41) is 8.60. The van der Waals surface area contributed by atoms with Gasteiger partial charge in [-0.15, -0.1) is 0 Å². The molecule has 1 heterocycles. The van der Waals surface area contributed by atoms with Crippen LogP contribution in [0.2, 0.25) is 0 Å². The molecule has 1 N–H and O–H groups in total. The third kappa shape index (κ3) is 3.09. The van der Waals surface area contributed by atoms with Crippen LogP contribution in [-0.2, 0) is 15.5 Å². The molecule has 0 aliphatic rings. The minimum absolute atomic E-state index is 0.313. The van der Waals surface area contributed by atoms with Gasteiger partial charge in [0, 0.05) is 11.3 Å². The average Bonchev–Trinajstić information content (AvgIpc) is 2.16. The van der Waals surface area contributed by atoms with Crippen LogP contribution < -0.4 is 0 Å². The molecule has 80 valence electrons. The van der Waals surface area contributed by atoms with Gasteiger partial charge in [0.2, 0.25) is 0 Å². The van der Waals surface area contributed by atoms with Crippen LogP contribution in [0.5, 0.6) is 0 Å². The fourth-order valence-corrected chi connectivity index (χ4v) is 1.59. The average molecular weight is 226 g/mol. The number of nitrogens with zero attached hydrogens (tertiary/aromatic N) is 2. The Morgan fingerprint density at radius 2 is 2.33 bits per heavy atom. The van der Waals surface area contributed by atoms with Gasteiger partial charge in [-0.2, -0.15) is 9.47 Å². The van der Waals surface area contributed by atoms with Crippen molar-refractivity contribution >= 4 is 11.4 Å². The largest absolute Gasteiger partial charge is 0.302 e. The zero-order valence-electron chi connectivity index (χ0n) is 8.30. The van der Waals surface area contributed by atoms with Crippen molar-refractivity contribution in [3.63, 3.8) is 0 Å². The highest BCUT2D eigenvalue weighted by Gasteiger charge is 2.12. The van der Waals surface area contributed by atoms with E-state index in [-0.39, 0.29) is 0 Å². The van der Waals surface area contributed by atoms with Gasteiger partial charge < -0.3 is 0 Å². The molecule has 1 aromatic heterocycles. The summed E-state index contributed by atoms with van der Waals surface area (Å²) in [4.78, 5) is 4.00. The first-order chi connectivity index (χ1) is 7.04. The molecule has 5 nitrogen and oxygen atoms in total. The molecule has 0 saturated carbocycles. The number of aryl methyl sites for hydroxylation is 1. The molecule has 2 atom stereocenters. The quantitative estimate of drug-likeness (QED) is 0.789. The van der Waals surface area contributed by atoms with E-state index < -0.39 is 17.5 Å². The Balaban J connectivity index is 2.96. The van der Waals surface area contributed by atoms with E-state index >= 15 is 0 Å². The predicted molar refractivity (Wildman–Crippen MR) is 54.0 cm³/mol. The highest BCUT2D eigenvalue weighted by atomic mass is 32.2. The van der Waals surface area contributed by atoms with E-state index in [0.717, 1.165) is 0 Å². The molecule has 15 heavy (non-hydrogen) atoms. The molecule has 0 amide bonds. The van der Waals surface area contributed by atoms with E-state index in [0.29, 0.717) is 17.0 Å². The smallest absolute Gasteiger partial charge is 0.284 e. The predicted octanol–water partition coefficient (Wildman–Crippen LogP) is 1.48. The molecule has 0 spiro atoms. The molecule has 0 bridgehead atoms. The summed E-state index contributed by atoms with van der Waals surface area (Å²) in [5.74, 6) is 0. The molecule has 1 rings (SSSR count). The van der Waals surface area contributed by atoms with Gasteiger partial charge in [0.05, 0.1) is 0 Å². The zero-order chi connectivity index (χ0) is 11.4. The molecule has 0 fully saturated rings. The fourth-order valence-electron chi connectivity index (χ4n) is 1.24. The van der Waals surface area contributed by atoms with Crippen molar-refractivity contribution in [3.05, 3.63) is 29.1 Å². The van der Waals surface area contributed by atoms with Crippen LogP contribution in [0, 0.1) is 18.3 Å². The van der Waals surface area contributed by atoms with Gasteiger partial charge in [0.1, 0.15) is 17.9 Å². The Morgan fingerprint density at radius 1 is 1.67 bits per heavy atom. The minimum Gasteiger partial charge on any atom is -0.284 e. The third-order valence-electron chi connectivity index (χ3n) is 1.91. The number of aromatic nitrogens is 1. The summed E-state index contributed by atoms with van der Waals surface area (Å²) in [6, 6.07) is 5.12. The molecule has 2 unspecified atom stereocenters. The van der Waals surface area contributed by atoms with E-state index in [2.05, 4.69) is 4.98 Å². The first-order valence-corrected chi connectivity index (χ1v) is 5.23. The first kappa shape index (κ1) is 11.8. The molecule has 0 aromatic carbocycles. The van der Waals surface area contributed by atoms with Crippen molar-refractivity contribution in [1.29, 1.82) is 5.26 Å². The standard InChI is InChI=1S/C9H10N2O3S/c1-6-9(7(2)14-15(12)13)4-3-8(5-10)11-6/h3-4,7H,1-2H3,(H,12,13). The van der Waals surface area contributed by atoms with Crippen LogP contribution >= 0.6 is 0 Å². The molecule has 0 aliphatic heterocycles. The number of nitriles is 1. The van der Waals surface area contributed by atoms with E-state index in [1.165, 1.54) is 0 Å². The van der Waals surface area contributed by atoms with Crippen LogP contribution in [0.4, 0.5) is 0 Å². The molecule has 0 aliphatic carbocycles. The third-order valence-corrected chi connectivity index (χ3v) is 2.36. The lowest BCUT2D eigenvalue weighted by molar-refractivity contribution is 0.226. The van der Waals surface area contributed by atoms with Gasteiger partial charge in [0.25, 0.3) is 0 Å². The van der Waals surface area contributed by atoms with Gasteiger partial charge in [-0.1, -0.05) is 6.07 Å². The van der Waals surface area contributed by atoms with Crippen molar-refractivity contribution in [2.45, 2.75) is 20.0 Å². The topological polar surface area (TPSA) is 83.2 Å². The van der Waals surface area contributed by atoms with Crippen molar-refractivity contribution in [2.24, 2.45) is 0 Å². The van der Waals surface area contributed by atoms with Gasteiger partial charge in [-0.05, 0) is 19.9 Å². The lowest BCUT2D eigenvalue weighted by Gasteiger charge is -2.11. The van der Waals surface area contributed by atoms with Gasteiger partial charge in [0.15, 0.2) is 0 Å². The second kappa shape index (κ2) is 4.98. The van der Waals surface area contributed by atoms with Crippen LogP contribution in [0.15, 0.2) is 12.1 Å². The van der Waals surface area contributed by atoms with Crippen molar-refractivity contribution in [3.8, 4) is 6.07 Å². The maximum absolute atomic E-state index is 10.4. The molecule has 6 heteroatoms. The summed E-state index contributed by atoms with van der Waals surface area (Å²) < 4.78 is 23.7. The summed E-state index contributed by atoms with van der Waals surface area (Å²) in [5.41, 5.74) is 1.62. The molecule has 0 saturated heterocycles. The fraction of sp³-hybridized carbons (Fsp3) is 0.333. The van der Waals surface area contributed by atoms with Gasteiger partial charge >= 0.3 is 11.4 Å². The lowest BCUT2D eigenvalue weighted by Crippen LogP contribution is -2.05. The molecule has 0 radical (unpaired) electrons. The monoisotopic (exact) mass is 226 g/mol. The highest BCUT2D eigenvalue weighted by molar-refractivity contribution is 7.74. The van der Waals surface area contributed by atoms with Crippen molar-refractivity contribution < 1.29 is 12.9 Å². The van der Waals surface area contributed by atoms with Crippen LogP contribution in [0.3, 0.4) is 0 Å². The summed E-state index contributed by atoms with van der Waals surface area (Å²) in [7, 11) is 0. The maximum atomic E-state index is 10.4. The SMILES string of the molecule is Cc1nc(C#N)ccc1C(C)OS(=O)O. The number of rotatable bonds is 3. The van der Waals surface area contributed by atoms with Crippen LogP contribution in [0.25, 0.3) is 0 Å². The molecular weight excluding hydrogens is 216 g/mol. The normalized spacial score (nSPS) is 14.3. The zero-order valence-corrected chi connectivity index (χ0v) is 9.11. The van der Waals surface area contributed by atoms with Crippen LogP contribution in [0.1, 0.15) is 30.0 Å². The van der Waals surface area contributed by atoms with Crippen molar-refractivity contribution in [1.82, 2.24) is 4.98 Å². The Kier molecular flexibility index (Phi) is 3.91. The summed E-state index contributed by atoms with van der Waals surface area (Å²) in [6.45, 7) is 3.36. The molecular formula is C9H10N2O3S. The van der Waals surface area contributed by atoms with E-state index in [1.807, 2.05) is 6.07 Å². The number of pyridine rings is 1. The van der Waals surface area contributed by atoms with Gasteiger partial charge in [-0.3, -0.25) is 8.74 Å². The Morgan fingerprint density at radius 3 is 2.80 bits per heavy atom. The second-order valence-corrected chi connectivity index (χ2v) is 3.57. The first-order valence-electron chi connectivity index (χ1n) is 4.20. The van der Waals surface area contributed by atoms with Gasteiger partial charge in [-0.25, -0.2) is 4.98 Å². The summed E-state index contributed by atoms with van der Waals surface area (Å²) in [6.07, 6.45) is -0.531. The van der Waals surface area contributed by atoms with Crippen molar-refractivity contribution in [2.75, 3.05) is 0 Å². The Bertz CT molecular complexity index is 428.